The van der Waals surface area contributed by atoms with Crippen LogP contribution in [0.2, 0.25) is 0 Å². The van der Waals surface area contributed by atoms with Crippen LogP contribution in [-0.2, 0) is 11.8 Å². The summed E-state index contributed by atoms with van der Waals surface area (Å²) in [5.41, 5.74) is 3.67. The molecule has 1 atom stereocenters. The number of likely N-dealkylation sites (tertiary alicyclic amines) is 1. The molecule has 156 valence electrons. The first kappa shape index (κ1) is 19.8. The van der Waals surface area contributed by atoms with E-state index >= 15 is 0 Å². The molecule has 4 nitrogen and oxygen atoms in total. The highest BCUT2D eigenvalue weighted by atomic mass is 32.4. The summed E-state index contributed by atoms with van der Waals surface area (Å²) in [6.45, 7) is 6.90. The normalized spacial score (nSPS) is 25.3. The van der Waals surface area contributed by atoms with Crippen molar-refractivity contribution in [2.75, 3.05) is 17.9 Å². The average Bonchev–Trinajstić information content (AvgIpc) is 3.35. The second-order valence-electron chi connectivity index (χ2n) is 9.10. The topological polar surface area (TPSA) is 28.1 Å². The summed E-state index contributed by atoms with van der Waals surface area (Å²) in [5.74, 6) is 0.816. The molecule has 1 aliphatic carbocycles. The Kier molecular flexibility index (Phi) is 4.99. The Morgan fingerprint density at radius 1 is 0.933 bits per heavy atom. The Balaban J connectivity index is 1.69. The molecule has 2 aromatic carbocycles. The van der Waals surface area contributed by atoms with E-state index in [1.807, 2.05) is 53.3 Å². The third-order valence-electron chi connectivity index (χ3n) is 6.03. The second-order valence-corrected chi connectivity index (χ2v) is 12.6. The van der Waals surface area contributed by atoms with Gasteiger partial charge in [0.05, 0.1) is 16.7 Å². The Morgan fingerprint density at radius 3 is 2.23 bits per heavy atom. The van der Waals surface area contributed by atoms with Crippen LogP contribution in [-0.4, -0.2) is 23.7 Å². The summed E-state index contributed by atoms with van der Waals surface area (Å²) in [5, 5.41) is 6.33. The zero-order valence-corrected chi connectivity index (χ0v) is 19.3. The molecule has 0 N–H and O–H groups in total. The predicted molar refractivity (Wildman–Crippen MR) is 129 cm³/mol. The molecule has 1 unspecified atom stereocenters. The highest BCUT2D eigenvalue weighted by molar-refractivity contribution is 8.15. The van der Waals surface area contributed by atoms with E-state index in [0.29, 0.717) is 0 Å². The van der Waals surface area contributed by atoms with E-state index < -0.39 is 6.42 Å². The molecule has 3 aliphatic rings. The smallest absolute Gasteiger partial charge is 0.258 e. The Morgan fingerprint density at radius 2 is 1.57 bits per heavy atom. The van der Waals surface area contributed by atoms with Crippen molar-refractivity contribution in [2.45, 2.75) is 39.5 Å². The SMILES string of the molecule is CC1(C)CC2=NN(c3ccccc3)P(=S)(Oc3ccccc3)C2=C(N2CCCC2)C1. The lowest BCUT2D eigenvalue weighted by Crippen LogP contribution is -2.32. The monoisotopic (exact) mass is 437 g/mol. The molecule has 0 aromatic heterocycles. The van der Waals surface area contributed by atoms with Crippen molar-refractivity contribution in [3.05, 3.63) is 71.7 Å². The van der Waals surface area contributed by atoms with Gasteiger partial charge in [-0.25, -0.2) is 0 Å². The van der Waals surface area contributed by atoms with Crippen LogP contribution >= 0.6 is 6.42 Å². The number of para-hydroxylation sites is 2. The number of allylic oxidation sites excluding steroid dienone is 2. The molecule has 2 aromatic rings. The van der Waals surface area contributed by atoms with Gasteiger partial charge < -0.3 is 9.42 Å². The number of benzene rings is 2. The minimum atomic E-state index is -2.62. The summed E-state index contributed by atoms with van der Waals surface area (Å²) in [6, 6.07) is 20.3. The number of hydrazone groups is 1. The van der Waals surface area contributed by atoms with Crippen LogP contribution in [0.25, 0.3) is 0 Å². The molecule has 0 amide bonds. The first-order valence-corrected chi connectivity index (χ1v) is 13.4. The maximum Gasteiger partial charge on any atom is 0.258 e. The van der Waals surface area contributed by atoms with Crippen LogP contribution in [0.5, 0.6) is 5.75 Å². The van der Waals surface area contributed by atoms with Gasteiger partial charge in [-0.05, 0) is 67.2 Å². The number of rotatable bonds is 4. The number of nitrogens with zero attached hydrogens (tertiary/aromatic N) is 3. The molecule has 0 spiro atoms. The van der Waals surface area contributed by atoms with E-state index in [1.165, 1.54) is 23.9 Å². The van der Waals surface area contributed by atoms with Crippen molar-refractivity contribution in [1.29, 1.82) is 0 Å². The number of anilines is 1. The molecule has 2 aliphatic heterocycles. The zero-order chi connectivity index (χ0) is 20.8. The van der Waals surface area contributed by atoms with Gasteiger partial charge in [-0.2, -0.15) is 9.88 Å². The summed E-state index contributed by atoms with van der Waals surface area (Å²) < 4.78 is 8.74. The Labute approximate surface area is 184 Å². The molecular weight excluding hydrogens is 409 g/mol. The average molecular weight is 438 g/mol. The van der Waals surface area contributed by atoms with Crippen LogP contribution < -0.4 is 9.30 Å². The standard InChI is InChI=1S/C24H28N3OPS/c1-24(2)17-21-23(22(18-24)26-15-9-10-16-26)29(30,28-20-13-7-4-8-14-20)27(25-21)19-11-5-3-6-12-19/h3-8,11-14H,9-10,15-18H2,1-2H3. The van der Waals surface area contributed by atoms with Gasteiger partial charge in [-0.1, -0.05) is 50.2 Å². The van der Waals surface area contributed by atoms with E-state index in [9.17, 15) is 0 Å². The van der Waals surface area contributed by atoms with Crippen molar-refractivity contribution in [3.63, 3.8) is 0 Å². The number of hydrogen-bond donors (Lipinski definition) is 0. The third kappa shape index (κ3) is 3.48. The maximum atomic E-state index is 6.71. The van der Waals surface area contributed by atoms with Crippen LogP contribution in [0.3, 0.4) is 0 Å². The Bertz CT molecular complexity index is 1040. The molecule has 1 fully saturated rings. The quantitative estimate of drug-likeness (QED) is 0.519. The van der Waals surface area contributed by atoms with Crippen molar-refractivity contribution in [2.24, 2.45) is 10.5 Å². The van der Waals surface area contributed by atoms with Crippen molar-refractivity contribution < 1.29 is 4.52 Å². The predicted octanol–water partition coefficient (Wildman–Crippen LogP) is 6.38. The minimum Gasteiger partial charge on any atom is -0.443 e. The summed E-state index contributed by atoms with van der Waals surface area (Å²) in [7, 11) is 0. The van der Waals surface area contributed by atoms with E-state index in [0.717, 1.165) is 43.1 Å². The molecular formula is C24H28N3OPS. The van der Waals surface area contributed by atoms with Gasteiger partial charge in [0.25, 0.3) is 6.42 Å². The molecule has 6 heteroatoms. The number of hydrogen-bond acceptors (Lipinski definition) is 4. The third-order valence-corrected chi connectivity index (χ3v) is 9.63. The molecule has 2 heterocycles. The molecule has 1 saturated heterocycles. The van der Waals surface area contributed by atoms with Crippen molar-refractivity contribution >= 4 is 29.6 Å². The lowest BCUT2D eigenvalue weighted by Gasteiger charge is -2.38. The molecule has 0 saturated carbocycles. The lowest BCUT2D eigenvalue weighted by atomic mass is 9.78. The van der Waals surface area contributed by atoms with Gasteiger partial charge in [-0.15, -0.1) is 0 Å². The first-order chi connectivity index (χ1) is 14.5. The van der Waals surface area contributed by atoms with Crippen LogP contribution in [0.15, 0.2) is 76.8 Å². The number of fused-ring (bicyclic) bond motifs is 1. The largest absolute Gasteiger partial charge is 0.443 e. The molecule has 5 rings (SSSR count). The van der Waals surface area contributed by atoms with Crippen molar-refractivity contribution in [1.82, 2.24) is 4.90 Å². The van der Waals surface area contributed by atoms with Gasteiger partial charge in [0.2, 0.25) is 0 Å². The van der Waals surface area contributed by atoms with Gasteiger partial charge >= 0.3 is 0 Å². The fourth-order valence-corrected chi connectivity index (χ4v) is 8.42. The maximum absolute atomic E-state index is 6.71. The summed E-state index contributed by atoms with van der Waals surface area (Å²) in [4.78, 5) is 2.55. The fraction of sp³-hybridized carbons (Fsp3) is 0.375. The first-order valence-electron chi connectivity index (χ1n) is 10.7. The fourth-order valence-electron chi connectivity index (χ4n) is 4.71. The molecule has 30 heavy (non-hydrogen) atoms. The van der Waals surface area contributed by atoms with Crippen LogP contribution in [0, 0.1) is 5.41 Å². The van der Waals surface area contributed by atoms with Gasteiger partial charge in [0.1, 0.15) is 5.75 Å². The minimum absolute atomic E-state index is 0.167. The van der Waals surface area contributed by atoms with Gasteiger partial charge in [0.15, 0.2) is 0 Å². The van der Waals surface area contributed by atoms with E-state index in [1.54, 1.807) is 0 Å². The second kappa shape index (κ2) is 7.55. The molecule has 0 bridgehead atoms. The van der Waals surface area contributed by atoms with E-state index in [2.05, 4.69) is 30.9 Å². The van der Waals surface area contributed by atoms with Crippen LogP contribution in [0.4, 0.5) is 5.69 Å². The zero-order valence-electron chi connectivity index (χ0n) is 17.6. The summed E-state index contributed by atoms with van der Waals surface area (Å²) >= 11 is 6.45. The summed E-state index contributed by atoms with van der Waals surface area (Å²) in [6.07, 6.45) is 1.83. The highest BCUT2D eigenvalue weighted by Gasteiger charge is 2.49. The molecule has 0 radical (unpaired) electrons. The van der Waals surface area contributed by atoms with E-state index in [4.69, 9.17) is 21.4 Å². The van der Waals surface area contributed by atoms with E-state index in [-0.39, 0.29) is 5.41 Å². The van der Waals surface area contributed by atoms with Crippen LogP contribution in [0.1, 0.15) is 39.5 Å². The van der Waals surface area contributed by atoms with Gasteiger partial charge in [-0.3, -0.25) is 0 Å². The Hall–Kier alpha value is -2.10. The van der Waals surface area contributed by atoms with Crippen molar-refractivity contribution in [3.8, 4) is 5.75 Å². The lowest BCUT2D eigenvalue weighted by molar-refractivity contribution is 0.304. The highest BCUT2D eigenvalue weighted by Crippen LogP contribution is 2.67. The van der Waals surface area contributed by atoms with Gasteiger partial charge in [0, 0.05) is 18.8 Å².